The third-order valence-corrected chi connectivity index (χ3v) is 5.01. The fourth-order valence-electron chi connectivity index (χ4n) is 3.64. The molecule has 2 fully saturated rings. The Bertz CT molecular complexity index is 484. The molecule has 4 heteroatoms. The van der Waals surface area contributed by atoms with E-state index in [9.17, 15) is 5.11 Å². The summed E-state index contributed by atoms with van der Waals surface area (Å²) in [6.45, 7) is 4.93. The summed E-state index contributed by atoms with van der Waals surface area (Å²) in [5, 5.41) is 11.0. The van der Waals surface area contributed by atoms with Gasteiger partial charge in [-0.2, -0.15) is 0 Å². The molecule has 1 saturated carbocycles. The van der Waals surface area contributed by atoms with Crippen molar-refractivity contribution in [2.24, 2.45) is 0 Å². The van der Waals surface area contributed by atoms with Gasteiger partial charge in [-0.1, -0.05) is 37.0 Å². The Kier molecular flexibility index (Phi) is 5.57. The van der Waals surface area contributed by atoms with Gasteiger partial charge in [-0.3, -0.25) is 4.90 Å². The summed E-state index contributed by atoms with van der Waals surface area (Å²) < 4.78 is 11.5. The molecule has 1 N–H and O–H groups in total. The molecular formula is C19H29NO3. The standard InChI is InChI=1S/C19H29NO3/c1-16-7-9-18(10-8-16)23-15-19(21)13-20(11-12-22-14-19)17-5-3-2-4-6-17/h7-10,17,21H,2-6,11-15H2,1H3/t19-/m0/s1. The second kappa shape index (κ2) is 7.65. The molecular weight excluding hydrogens is 290 g/mol. The number of hydrogen-bond acceptors (Lipinski definition) is 4. The van der Waals surface area contributed by atoms with E-state index < -0.39 is 5.60 Å². The van der Waals surface area contributed by atoms with Crippen molar-refractivity contribution in [3.63, 3.8) is 0 Å². The molecule has 4 nitrogen and oxygen atoms in total. The third kappa shape index (κ3) is 4.69. The minimum atomic E-state index is -0.932. The number of aryl methyl sites for hydroxylation is 1. The van der Waals surface area contributed by atoms with Crippen molar-refractivity contribution in [2.75, 3.05) is 32.9 Å². The van der Waals surface area contributed by atoms with Gasteiger partial charge in [-0.25, -0.2) is 0 Å². The Balaban J connectivity index is 1.60. The molecule has 1 aromatic rings. The molecule has 128 valence electrons. The maximum atomic E-state index is 11.0. The molecule has 0 unspecified atom stereocenters. The highest BCUT2D eigenvalue weighted by atomic mass is 16.5. The lowest BCUT2D eigenvalue weighted by molar-refractivity contribution is -0.0681. The van der Waals surface area contributed by atoms with Crippen LogP contribution in [0.1, 0.15) is 37.7 Å². The maximum absolute atomic E-state index is 11.0. The van der Waals surface area contributed by atoms with Crippen LogP contribution in [0.25, 0.3) is 0 Å². The van der Waals surface area contributed by atoms with Gasteiger partial charge in [0.2, 0.25) is 0 Å². The van der Waals surface area contributed by atoms with Gasteiger partial charge in [0.05, 0.1) is 13.2 Å². The monoisotopic (exact) mass is 319 g/mol. The lowest BCUT2D eigenvalue weighted by Gasteiger charge is -2.37. The first kappa shape index (κ1) is 16.7. The van der Waals surface area contributed by atoms with E-state index in [1.54, 1.807) is 0 Å². The minimum absolute atomic E-state index is 0.277. The molecule has 1 aliphatic carbocycles. The highest BCUT2D eigenvalue weighted by Gasteiger charge is 2.36. The summed E-state index contributed by atoms with van der Waals surface area (Å²) in [7, 11) is 0. The average molecular weight is 319 g/mol. The van der Waals surface area contributed by atoms with Crippen molar-refractivity contribution in [1.29, 1.82) is 0 Å². The molecule has 3 rings (SSSR count). The number of β-amino-alcohol motifs (C(OH)–C–C–N with tert-alkyl or cyclic N) is 1. The van der Waals surface area contributed by atoms with Crippen molar-refractivity contribution in [3.05, 3.63) is 29.8 Å². The summed E-state index contributed by atoms with van der Waals surface area (Å²) >= 11 is 0. The summed E-state index contributed by atoms with van der Waals surface area (Å²) in [6.07, 6.45) is 6.45. The van der Waals surface area contributed by atoms with E-state index in [-0.39, 0.29) is 6.61 Å². The molecule has 2 aliphatic rings. The molecule has 23 heavy (non-hydrogen) atoms. The zero-order chi connectivity index (χ0) is 16.1. The molecule has 0 radical (unpaired) electrons. The predicted octanol–water partition coefficient (Wildman–Crippen LogP) is 2.77. The van der Waals surface area contributed by atoms with Crippen LogP contribution in [0, 0.1) is 6.92 Å². The smallest absolute Gasteiger partial charge is 0.134 e. The van der Waals surface area contributed by atoms with Crippen LogP contribution >= 0.6 is 0 Å². The van der Waals surface area contributed by atoms with Gasteiger partial charge in [-0.15, -0.1) is 0 Å². The first-order valence-electron chi connectivity index (χ1n) is 8.88. The van der Waals surface area contributed by atoms with E-state index in [1.165, 1.54) is 37.7 Å². The van der Waals surface area contributed by atoms with Gasteiger partial charge in [0.15, 0.2) is 0 Å². The Labute approximate surface area is 139 Å². The van der Waals surface area contributed by atoms with Crippen LogP contribution in [0.2, 0.25) is 0 Å². The summed E-state index contributed by atoms with van der Waals surface area (Å²) in [5.41, 5.74) is 0.274. The average Bonchev–Trinajstić information content (AvgIpc) is 2.78. The highest BCUT2D eigenvalue weighted by molar-refractivity contribution is 5.26. The number of nitrogens with zero attached hydrogens (tertiary/aromatic N) is 1. The molecule has 1 heterocycles. The lowest BCUT2D eigenvalue weighted by atomic mass is 9.93. The minimum Gasteiger partial charge on any atom is -0.490 e. The van der Waals surface area contributed by atoms with E-state index in [0.717, 1.165) is 12.3 Å². The molecule has 1 aromatic carbocycles. The normalized spacial score (nSPS) is 27.6. The van der Waals surface area contributed by atoms with E-state index in [4.69, 9.17) is 9.47 Å². The SMILES string of the molecule is Cc1ccc(OC[C@@]2(O)COCCN(C3CCCCC3)C2)cc1. The van der Waals surface area contributed by atoms with Crippen LogP contribution in [0.5, 0.6) is 5.75 Å². The van der Waals surface area contributed by atoms with Crippen molar-refractivity contribution >= 4 is 0 Å². The van der Waals surface area contributed by atoms with Crippen LogP contribution in [0.3, 0.4) is 0 Å². The molecule has 0 bridgehead atoms. The van der Waals surface area contributed by atoms with Crippen molar-refractivity contribution in [3.8, 4) is 5.75 Å². The number of benzene rings is 1. The number of ether oxygens (including phenoxy) is 2. The van der Waals surface area contributed by atoms with E-state index >= 15 is 0 Å². The predicted molar refractivity (Wildman–Crippen MR) is 90.9 cm³/mol. The van der Waals surface area contributed by atoms with E-state index in [1.807, 2.05) is 24.3 Å². The second-order valence-electron chi connectivity index (χ2n) is 7.14. The van der Waals surface area contributed by atoms with Crippen molar-refractivity contribution in [2.45, 2.75) is 50.7 Å². The summed E-state index contributed by atoms with van der Waals surface area (Å²) in [6, 6.07) is 8.55. The van der Waals surface area contributed by atoms with Crippen LogP contribution in [0.4, 0.5) is 0 Å². The Hall–Kier alpha value is -1.10. The van der Waals surface area contributed by atoms with Crippen LogP contribution in [-0.2, 0) is 4.74 Å². The zero-order valence-electron chi connectivity index (χ0n) is 14.2. The van der Waals surface area contributed by atoms with Crippen LogP contribution in [0.15, 0.2) is 24.3 Å². The Morgan fingerprint density at radius 3 is 2.70 bits per heavy atom. The summed E-state index contributed by atoms with van der Waals surface area (Å²) in [5.74, 6) is 0.803. The van der Waals surface area contributed by atoms with Gasteiger partial charge in [-0.05, 0) is 31.9 Å². The lowest BCUT2D eigenvalue weighted by Crippen LogP contribution is -2.51. The maximum Gasteiger partial charge on any atom is 0.134 e. The second-order valence-corrected chi connectivity index (χ2v) is 7.14. The van der Waals surface area contributed by atoms with Crippen molar-refractivity contribution < 1.29 is 14.6 Å². The van der Waals surface area contributed by atoms with Crippen LogP contribution < -0.4 is 4.74 Å². The fourth-order valence-corrected chi connectivity index (χ4v) is 3.64. The molecule has 0 aromatic heterocycles. The molecule has 1 atom stereocenters. The molecule has 1 aliphatic heterocycles. The van der Waals surface area contributed by atoms with E-state index in [2.05, 4.69) is 11.8 Å². The van der Waals surface area contributed by atoms with E-state index in [0.29, 0.717) is 25.8 Å². The topological polar surface area (TPSA) is 41.9 Å². The molecule has 1 saturated heterocycles. The highest BCUT2D eigenvalue weighted by Crippen LogP contribution is 2.26. The fraction of sp³-hybridized carbons (Fsp3) is 0.684. The quantitative estimate of drug-likeness (QED) is 0.926. The van der Waals surface area contributed by atoms with Crippen molar-refractivity contribution in [1.82, 2.24) is 4.90 Å². The third-order valence-electron chi connectivity index (χ3n) is 5.01. The van der Waals surface area contributed by atoms with Gasteiger partial charge in [0.25, 0.3) is 0 Å². The van der Waals surface area contributed by atoms with Gasteiger partial charge in [0, 0.05) is 19.1 Å². The first-order chi connectivity index (χ1) is 11.1. The zero-order valence-corrected chi connectivity index (χ0v) is 14.2. The Morgan fingerprint density at radius 1 is 1.22 bits per heavy atom. The summed E-state index contributed by atoms with van der Waals surface area (Å²) in [4.78, 5) is 2.42. The number of hydrogen-bond donors (Lipinski definition) is 1. The Morgan fingerprint density at radius 2 is 1.96 bits per heavy atom. The van der Waals surface area contributed by atoms with Gasteiger partial charge < -0.3 is 14.6 Å². The van der Waals surface area contributed by atoms with Gasteiger partial charge in [0.1, 0.15) is 18.0 Å². The molecule has 0 amide bonds. The number of rotatable bonds is 4. The number of aliphatic hydroxyl groups is 1. The first-order valence-corrected chi connectivity index (χ1v) is 8.88. The largest absolute Gasteiger partial charge is 0.490 e. The van der Waals surface area contributed by atoms with Gasteiger partial charge >= 0.3 is 0 Å². The molecule has 0 spiro atoms. The van der Waals surface area contributed by atoms with Crippen LogP contribution in [-0.4, -0.2) is 54.6 Å².